The van der Waals surface area contributed by atoms with E-state index in [1.54, 1.807) is 30.5 Å². The van der Waals surface area contributed by atoms with Crippen molar-refractivity contribution >= 4 is 21.7 Å². The van der Waals surface area contributed by atoms with E-state index in [1.165, 1.54) is 12.3 Å². The van der Waals surface area contributed by atoms with Gasteiger partial charge in [-0.15, -0.1) is 0 Å². The predicted molar refractivity (Wildman–Crippen MR) is 133 cm³/mol. The van der Waals surface area contributed by atoms with Gasteiger partial charge in [0.25, 0.3) is 5.56 Å². The molecule has 35 heavy (non-hydrogen) atoms. The van der Waals surface area contributed by atoms with E-state index in [9.17, 15) is 15.2 Å². The summed E-state index contributed by atoms with van der Waals surface area (Å²) < 4.78 is 18.1. The molecule has 0 atom stereocenters. The molecule has 1 N–H and O–H groups in total. The van der Waals surface area contributed by atoms with Crippen LogP contribution in [0.3, 0.4) is 0 Å². The Morgan fingerprint density at radius 2 is 1.83 bits per heavy atom. The van der Waals surface area contributed by atoms with Crippen LogP contribution in [0, 0.1) is 17.1 Å². The number of aromatic nitrogens is 3. The molecule has 5 aromatic rings. The molecule has 2 aromatic heterocycles. The number of aliphatic hydroxyl groups excluding tert-OH is 1. The van der Waals surface area contributed by atoms with Crippen molar-refractivity contribution in [2.24, 2.45) is 0 Å². The number of nitriles is 1. The molecule has 3 aromatic carbocycles. The van der Waals surface area contributed by atoms with Gasteiger partial charge in [0.15, 0.2) is 0 Å². The lowest BCUT2D eigenvalue weighted by Gasteiger charge is -2.20. The van der Waals surface area contributed by atoms with Crippen molar-refractivity contribution in [3.05, 3.63) is 99.9 Å². The first-order valence-electron chi connectivity index (χ1n) is 11.2. The van der Waals surface area contributed by atoms with E-state index >= 15 is 4.39 Å². The summed E-state index contributed by atoms with van der Waals surface area (Å²) >= 11 is 0. The number of hydrogen-bond acceptors (Lipinski definition) is 4. The van der Waals surface area contributed by atoms with Gasteiger partial charge in [0.05, 0.1) is 40.6 Å². The quantitative estimate of drug-likeness (QED) is 0.400. The molecule has 5 rings (SSSR count). The van der Waals surface area contributed by atoms with Crippen molar-refractivity contribution in [2.75, 3.05) is 0 Å². The van der Waals surface area contributed by atoms with Gasteiger partial charge in [0.1, 0.15) is 11.9 Å². The molecule has 174 valence electrons. The van der Waals surface area contributed by atoms with E-state index < -0.39 is 18.0 Å². The van der Waals surface area contributed by atoms with Gasteiger partial charge in [0, 0.05) is 22.5 Å². The summed E-state index contributed by atoms with van der Waals surface area (Å²) in [6.45, 7) is 5.54. The minimum atomic E-state index is -0.609. The molecule has 7 heteroatoms. The van der Waals surface area contributed by atoms with Gasteiger partial charge in [-0.2, -0.15) is 15.0 Å². The highest BCUT2D eigenvalue weighted by Crippen LogP contribution is 2.30. The van der Waals surface area contributed by atoms with Crippen LogP contribution in [-0.2, 0) is 12.0 Å². The number of halogens is 1. The molecule has 0 spiro atoms. The van der Waals surface area contributed by atoms with E-state index in [0.717, 1.165) is 21.1 Å². The van der Waals surface area contributed by atoms with Gasteiger partial charge in [-0.05, 0) is 41.3 Å². The van der Waals surface area contributed by atoms with Crippen LogP contribution in [0.5, 0.6) is 0 Å². The Labute approximate surface area is 201 Å². The molecule has 0 radical (unpaired) electrons. The Morgan fingerprint density at radius 3 is 2.54 bits per heavy atom. The fourth-order valence-corrected chi connectivity index (χ4v) is 4.46. The van der Waals surface area contributed by atoms with Crippen LogP contribution in [0.15, 0.2) is 71.8 Å². The Hall–Kier alpha value is -4.28. The summed E-state index contributed by atoms with van der Waals surface area (Å²) in [5.74, 6) is -0.606. The van der Waals surface area contributed by atoms with Crippen LogP contribution in [-0.4, -0.2) is 19.5 Å². The van der Waals surface area contributed by atoms with Crippen molar-refractivity contribution < 1.29 is 9.50 Å². The minimum absolute atomic E-state index is 0.0551. The van der Waals surface area contributed by atoms with E-state index in [0.29, 0.717) is 27.9 Å². The first kappa shape index (κ1) is 22.5. The van der Waals surface area contributed by atoms with Crippen LogP contribution >= 0.6 is 0 Å². The van der Waals surface area contributed by atoms with Crippen molar-refractivity contribution in [3.8, 4) is 17.4 Å². The number of para-hydroxylation sites is 1. The summed E-state index contributed by atoms with van der Waals surface area (Å²) in [5.41, 5.74) is 2.52. The zero-order chi connectivity index (χ0) is 24.9. The maximum atomic E-state index is 15.2. The molecule has 6 nitrogen and oxygen atoms in total. The lowest BCUT2D eigenvalue weighted by molar-refractivity contribution is 0.281. The van der Waals surface area contributed by atoms with Gasteiger partial charge >= 0.3 is 0 Å². The average molecular weight is 467 g/mol. The van der Waals surface area contributed by atoms with Gasteiger partial charge in [-0.25, -0.2) is 4.39 Å². The number of rotatable bonds is 3. The number of fused-ring (bicyclic) bond motifs is 2. The summed E-state index contributed by atoms with van der Waals surface area (Å²) in [4.78, 5) is 13.4. The van der Waals surface area contributed by atoms with Crippen LogP contribution in [0.2, 0.25) is 0 Å². The second-order valence-corrected chi connectivity index (χ2v) is 9.51. The predicted octanol–water partition coefficient (Wildman–Crippen LogP) is 5.13. The maximum Gasteiger partial charge on any atom is 0.282 e. The molecule has 0 aliphatic heterocycles. The molecule has 0 bridgehead atoms. The third-order valence-electron chi connectivity index (χ3n) is 6.31. The second kappa shape index (κ2) is 8.19. The normalized spacial score (nSPS) is 11.8. The standard InChI is InChI=1S/C28H23FN4O2/c1-28(2,3)19-11-17-14-31-33(27(35)26(17)22(29)12-19)25-10-6-9-24(21(25)16-34)32-15-18(13-30)20-7-4-5-8-23(20)32/h4-12,14-15,34H,16H2,1-3H3. The largest absolute Gasteiger partial charge is 0.392 e. The summed E-state index contributed by atoms with van der Waals surface area (Å²) in [6.07, 6.45) is 3.18. The zero-order valence-corrected chi connectivity index (χ0v) is 19.6. The molecular formula is C28H23FN4O2. The molecule has 2 heterocycles. The topological polar surface area (TPSA) is 83.8 Å². The highest BCUT2D eigenvalue weighted by atomic mass is 19.1. The minimum Gasteiger partial charge on any atom is -0.392 e. The molecule has 0 fully saturated rings. The zero-order valence-electron chi connectivity index (χ0n) is 19.6. The average Bonchev–Trinajstić information content (AvgIpc) is 3.21. The van der Waals surface area contributed by atoms with Gasteiger partial charge in [-0.3, -0.25) is 4.79 Å². The van der Waals surface area contributed by atoms with Crippen molar-refractivity contribution in [2.45, 2.75) is 32.8 Å². The molecule has 0 amide bonds. The fourth-order valence-electron chi connectivity index (χ4n) is 4.46. The van der Waals surface area contributed by atoms with E-state index in [4.69, 9.17) is 0 Å². The molecule has 0 saturated heterocycles. The lowest BCUT2D eigenvalue weighted by Crippen LogP contribution is -2.24. The van der Waals surface area contributed by atoms with Gasteiger partial charge in [-0.1, -0.05) is 45.0 Å². The van der Waals surface area contributed by atoms with Crippen LogP contribution in [0.25, 0.3) is 33.1 Å². The third kappa shape index (κ3) is 3.59. The summed E-state index contributed by atoms with van der Waals surface area (Å²) in [7, 11) is 0. The summed E-state index contributed by atoms with van der Waals surface area (Å²) in [5, 5.41) is 25.4. The van der Waals surface area contributed by atoms with Gasteiger partial charge in [0.2, 0.25) is 0 Å². The Kier molecular flexibility index (Phi) is 5.27. The maximum absolute atomic E-state index is 15.2. The number of benzene rings is 3. The molecule has 0 aliphatic rings. The van der Waals surface area contributed by atoms with E-state index in [-0.39, 0.29) is 10.8 Å². The Morgan fingerprint density at radius 1 is 1.09 bits per heavy atom. The van der Waals surface area contributed by atoms with Crippen LogP contribution in [0.1, 0.15) is 37.5 Å². The fraction of sp³-hybridized carbons (Fsp3) is 0.179. The highest BCUT2D eigenvalue weighted by Gasteiger charge is 2.21. The molecule has 0 unspecified atom stereocenters. The Balaban J connectivity index is 1.76. The number of hydrogen-bond donors (Lipinski definition) is 1. The summed E-state index contributed by atoms with van der Waals surface area (Å²) in [6, 6.07) is 18.0. The second-order valence-electron chi connectivity index (χ2n) is 9.51. The third-order valence-corrected chi connectivity index (χ3v) is 6.31. The lowest BCUT2D eigenvalue weighted by atomic mass is 9.86. The van der Waals surface area contributed by atoms with Crippen LogP contribution < -0.4 is 5.56 Å². The first-order chi connectivity index (χ1) is 16.7. The molecule has 0 aliphatic carbocycles. The first-order valence-corrected chi connectivity index (χ1v) is 11.2. The van der Waals surface area contributed by atoms with Crippen molar-refractivity contribution in [1.82, 2.24) is 14.3 Å². The van der Waals surface area contributed by atoms with Crippen molar-refractivity contribution in [3.63, 3.8) is 0 Å². The number of aliphatic hydroxyl groups is 1. The van der Waals surface area contributed by atoms with Crippen LogP contribution in [0.4, 0.5) is 4.39 Å². The van der Waals surface area contributed by atoms with E-state index in [2.05, 4.69) is 11.2 Å². The molecular weight excluding hydrogens is 443 g/mol. The Bertz CT molecular complexity index is 1720. The monoisotopic (exact) mass is 466 g/mol. The highest BCUT2D eigenvalue weighted by molar-refractivity contribution is 5.88. The van der Waals surface area contributed by atoms with E-state index in [1.807, 2.05) is 49.6 Å². The van der Waals surface area contributed by atoms with Crippen molar-refractivity contribution in [1.29, 1.82) is 5.26 Å². The molecule has 0 saturated carbocycles. The SMILES string of the molecule is CC(C)(C)c1cc(F)c2c(=O)n(-c3cccc(-n4cc(C#N)c5ccccc54)c3CO)ncc2c1. The van der Waals surface area contributed by atoms with Gasteiger partial charge < -0.3 is 9.67 Å². The number of nitrogens with zero attached hydrogens (tertiary/aromatic N) is 4. The smallest absolute Gasteiger partial charge is 0.282 e.